The summed E-state index contributed by atoms with van der Waals surface area (Å²) in [5.41, 5.74) is 0.392. The summed E-state index contributed by atoms with van der Waals surface area (Å²) in [6, 6.07) is 20.4. The molecule has 6 aliphatic rings. The van der Waals surface area contributed by atoms with Crippen molar-refractivity contribution in [3.8, 4) is 0 Å². The lowest BCUT2D eigenvalue weighted by molar-refractivity contribution is -0.356. The maximum Gasteiger partial charge on any atom is 0.227 e. The Morgan fingerprint density at radius 2 is 1.07 bits per heavy atom. The van der Waals surface area contributed by atoms with E-state index in [4.69, 9.17) is 33.8 Å². The van der Waals surface area contributed by atoms with E-state index >= 15 is 0 Å². The van der Waals surface area contributed by atoms with Gasteiger partial charge in [-0.15, -0.1) is 0 Å². The van der Waals surface area contributed by atoms with Crippen molar-refractivity contribution in [2.45, 2.75) is 42.8 Å². The molecule has 2 aromatic carbocycles. The maximum atomic E-state index is 7.22. The number of benzene rings is 2. The van der Waals surface area contributed by atoms with E-state index in [9.17, 15) is 0 Å². The van der Waals surface area contributed by atoms with Gasteiger partial charge in [0.25, 0.3) is 0 Å². The normalized spacial score (nSPS) is 51.9. The lowest BCUT2D eigenvalue weighted by Gasteiger charge is -2.45. The summed E-state index contributed by atoms with van der Waals surface area (Å²) >= 11 is 0. The standard InChI is InChI=1S/C23H20O7/c1-3-7-12(8-4-1)22-16-14(18-24-20(22)28-26-18)11-15-17(16)23(30-22,13-9-5-2-6-10-13)21-25-19(15)27-29-21/h1-10,14-21H,11H2/t14-,15+,16-,17+,18+,19-,20-,21+,22+,23-. The topological polar surface area (TPSA) is 64.6 Å². The number of fused-ring (bicyclic) bond motifs is 8. The molecule has 4 bridgehead atoms. The Labute approximate surface area is 172 Å². The van der Waals surface area contributed by atoms with Crippen LogP contribution in [-0.4, -0.2) is 25.2 Å². The van der Waals surface area contributed by atoms with E-state index in [-0.39, 0.29) is 23.7 Å². The molecule has 154 valence electrons. The van der Waals surface area contributed by atoms with Crippen molar-refractivity contribution in [1.82, 2.24) is 0 Å². The molecule has 0 radical (unpaired) electrons. The molecule has 8 rings (SSSR count). The van der Waals surface area contributed by atoms with Crippen LogP contribution < -0.4 is 0 Å². The molecule has 5 saturated heterocycles. The highest BCUT2D eigenvalue weighted by molar-refractivity contribution is 5.37. The summed E-state index contributed by atoms with van der Waals surface area (Å²) < 4.78 is 19.7. The summed E-state index contributed by atoms with van der Waals surface area (Å²) in [6.07, 6.45) is -1.29. The second-order valence-corrected chi connectivity index (χ2v) is 9.09. The first-order valence-corrected chi connectivity index (χ1v) is 10.6. The lowest BCUT2D eigenvalue weighted by Crippen LogP contribution is -2.54. The van der Waals surface area contributed by atoms with E-state index in [1.165, 1.54) is 0 Å². The molecule has 30 heavy (non-hydrogen) atoms. The van der Waals surface area contributed by atoms with Gasteiger partial charge < -0.3 is 14.2 Å². The third-order valence-corrected chi connectivity index (χ3v) is 8.02. The van der Waals surface area contributed by atoms with Crippen LogP contribution in [0.25, 0.3) is 0 Å². The lowest BCUT2D eigenvalue weighted by atomic mass is 9.66. The summed E-state index contributed by atoms with van der Waals surface area (Å²) in [5, 5.41) is 0. The van der Waals surface area contributed by atoms with E-state index in [1.807, 2.05) is 36.4 Å². The molecule has 7 heteroatoms. The largest absolute Gasteiger partial charge is 0.348 e. The Balaban J connectivity index is 1.43. The molecule has 1 saturated carbocycles. The van der Waals surface area contributed by atoms with Crippen molar-refractivity contribution in [3.05, 3.63) is 71.8 Å². The molecule has 0 N–H and O–H groups in total. The minimum atomic E-state index is -0.828. The number of hydrogen-bond acceptors (Lipinski definition) is 7. The third-order valence-electron chi connectivity index (χ3n) is 8.02. The van der Waals surface area contributed by atoms with E-state index in [1.54, 1.807) is 0 Å². The average Bonchev–Trinajstić information content (AvgIpc) is 3.57. The van der Waals surface area contributed by atoms with Gasteiger partial charge in [0.05, 0.1) is 0 Å². The van der Waals surface area contributed by atoms with Gasteiger partial charge >= 0.3 is 0 Å². The van der Waals surface area contributed by atoms with E-state index in [2.05, 4.69) is 24.3 Å². The molecule has 0 unspecified atom stereocenters. The predicted octanol–water partition coefficient (Wildman–Crippen LogP) is 2.96. The monoisotopic (exact) mass is 408 g/mol. The Morgan fingerprint density at radius 3 is 1.53 bits per heavy atom. The van der Waals surface area contributed by atoms with Crippen molar-refractivity contribution in [2.24, 2.45) is 23.7 Å². The van der Waals surface area contributed by atoms with Crippen LogP contribution in [0.5, 0.6) is 0 Å². The first-order valence-electron chi connectivity index (χ1n) is 10.6. The van der Waals surface area contributed by atoms with Gasteiger partial charge in [-0.05, 0) is 17.5 Å². The number of hydrogen-bond donors (Lipinski definition) is 0. The average molecular weight is 408 g/mol. The SMILES string of the molecule is c1ccc([C@@]23O[C@@]4(c5ccccc5)[C@@H]5OO[C@@H](O5)[C@H]5C[C@@H]([C@@H]6OO[C@H]2O6)[C@@H]3[C@H]54)cc1. The zero-order chi connectivity index (χ0) is 19.5. The Bertz CT molecular complexity index is 922. The predicted molar refractivity (Wildman–Crippen MR) is 97.6 cm³/mol. The summed E-state index contributed by atoms with van der Waals surface area (Å²) in [4.78, 5) is 22.8. The number of ether oxygens (including phenoxy) is 3. The van der Waals surface area contributed by atoms with Crippen LogP contribution in [0.3, 0.4) is 0 Å². The van der Waals surface area contributed by atoms with Gasteiger partial charge in [0.2, 0.25) is 12.6 Å². The third kappa shape index (κ3) is 1.72. The van der Waals surface area contributed by atoms with Crippen LogP contribution in [0, 0.1) is 23.7 Å². The highest BCUT2D eigenvalue weighted by Gasteiger charge is 2.83. The Kier molecular flexibility index (Phi) is 3.08. The number of rotatable bonds is 2. The summed E-state index contributed by atoms with van der Waals surface area (Å²) in [7, 11) is 0. The van der Waals surface area contributed by atoms with Gasteiger partial charge in [0.15, 0.2) is 23.8 Å². The van der Waals surface area contributed by atoms with Crippen molar-refractivity contribution < 1.29 is 33.8 Å². The van der Waals surface area contributed by atoms with Crippen molar-refractivity contribution in [3.63, 3.8) is 0 Å². The maximum absolute atomic E-state index is 7.22. The minimum absolute atomic E-state index is 0.107. The van der Waals surface area contributed by atoms with Gasteiger partial charge in [-0.2, -0.15) is 9.78 Å². The quantitative estimate of drug-likeness (QED) is 0.708. The Hall–Kier alpha value is -1.84. The minimum Gasteiger partial charge on any atom is -0.348 e. The summed E-state index contributed by atoms with van der Waals surface area (Å²) in [6.45, 7) is 0. The van der Waals surface area contributed by atoms with Crippen molar-refractivity contribution in [1.29, 1.82) is 0 Å². The highest BCUT2D eigenvalue weighted by atomic mass is 17.3. The summed E-state index contributed by atoms with van der Waals surface area (Å²) in [5.74, 6) is 0.457. The van der Waals surface area contributed by atoms with Crippen LogP contribution in [0.4, 0.5) is 0 Å². The van der Waals surface area contributed by atoms with Gasteiger partial charge in [-0.3, -0.25) is 0 Å². The molecular formula is C23H20O7. The molecule has 5 aliphatic heterocycles. The zero-order valence-electron chi connectivity index (χ0n) is 16.0. The molecular weight excluding hydrogens is 388 g/mol. The molecule has 7 nitrogen and oxygen atoms in total. The second kappa shape index (κ2) is 5.49. The van der Waals surface area contributed by atoms with Gasteiger partial charge in [0, 0.05) is 23.7 Å². The molecule has 5 heterocycles. The molecule has 0 spiro atoms. The molecule has 10 atom stereocenters. The van der Waals surface area contributed by atoms with Crippen LogP contribution in [0.2, 0.25) is 0 Å². The van der Waals surface area contributed by atoms with Crippen LogP contribution in [0.15, 0.2) is 60.7 Å². The zero-order valence-corrected chi connectivity index (χ0v) is 16.0. The van der Waals surface area contributed by atoms with Gasteiger partial charge in [-0.25, -0.2) is 9.78 Å². The fourth-order valence-corrected chi connectivity index (χ4v) is 7.10. The second-order valence-electron chi connectivity index (χ2n) is 9.09. The van der Waals surface area contributed by atoms with Crippen molar-refractivity contribution in [2.75, 3.05) is 0 Å². The smallest absolute Gasteiger partial charge is 0.227 e. The molecule has 6 fully saturated rings. The molecule has 1 aliphatic carbocycles. The molecule has 0 aromatic heterocycles. The first-order chi connectivity index (χ1) is 14.8. The van der Waals surface area contributed by atoms with Crippen LogP contribution in [-0.2, 0) is 45.0 Å². The van der Waals surface area contributed by atoms with E-state index < -0.39 is 36.4 Å². The van der Waals surface area contributed by atoms with Gasteiger partial charge in [-0.1, -0.05) is 60.7 Å². The van der Waals surface area contributed by atoms with E-state index in [0.29, 0.717) is 0 Å². The van der Waals surface area contributed by atoms with Gasteiger partial charge in [0.1, 0.15) is 0 Å². The first kappa shape index (κ1) is 16.8. The molecule has 2 aromatic rings. The molecule has 0 amide bonds. The van der Waals surface area contributed by atoms with Crippen LogP contribution >= 0.6 is 0 Å². The van der Waals surface area contributed by atoms with Crippen molar-refractivity contribution >= 4 is 0 Å². The fraction of sp³-hybridized carbons (Fsp3) is 0.478. The van der Waals surface area contributed by atoms with E-state index in [0.717, 1.165) is 17.5 Å². The fourth-order valence-electron chi connectivity index (χ4n) is 7.10. The highest BCUT2D eigenvalue weighted by Crippen LogP contribution is 2.74. The van der Waals surface area contributed by atoms with Crippen LogP contribution in [0.1, 0.15) is 17.5 Å². The Morgan fingerprint density at radius 1 is 0.600 bits per heavy atom.